The van der Waals surface area contributed by atoms with Gasteiger partial charge in [-0.25, -0.2) is 4.79 Å². The van der Waals surface area contributed by atoms with Gasteiger partial charge in [0.25, 0.3) is 0 Å². The lowest BCUT2D eigenvalue weighted by atomic mass is 10.0. The minimum atomic E-state index is -0.996. The second kappa shape index (κ2) is 8.51. The summed E-state index contributed by atoms with van der Waals surface area (Å²) < 4.78 is 0. The number of benzene rings is 1. The van der Waals surface area contributed by atoms with E-state index in [4.69, 9.17) is 10.4 Å². The molecule has 2 atom stereocenters. The van der Waals surface area contributed by atoms with Crippen LogP contribution < -0.4 is 10.6 Å². The van der Waals surface area contributed by atoms with Crippen molar-refractivity contribution in [1.82, 2.24) is 15.5 Å². The summed E-state index contributed by atoms with van der Waals surface area (Å²) in [5.41, 5.74) is 1.65. The van der Waals surface area contributed by atoms with Crippen LogP contribution in [0.15, 0.2) is 24.3 Å². The molecule has 0 aromatic heterocycles. The quantitative estimate of drug-likeness (QED) is 0.708. The molecule has 1 heterocycles. The Morgan fingerprint density at radius 2 is 2.22 bits per heavy atom. The third-order valence-electron chi connectivity index (χ3n) is 4.21. The van der Waals surface area contributed by atoms with E-state index < -0.39 is 6.09 Å². The Morgan fingerprint density at radius 3 is 2.78 bits per heavy atom. The summed E-state index contributed by atoms with van der Waals surface area (Å²) in [5.74, 6) is 0. The number of rotatable bonds is 7. The van der Waals surface area contributed by atoms with Gasteiger partial charge >= 0.3 is 6.09 Å². The topological polar surface area (TPSA) is 88.4 Å². The van der Waals surface area contributed by atoms with E-state index in [1.807, 2.05) is 12.1 Å². The van der Waals surface area contributed by atoms with E-state index in [9.17, 15) is 4.79 Å². The van der Waals surface area contributed by atoms with E-state index in [-0.39, 0.29) is 6.04 Å². The highest BCUT2D eigenvalue weighted by Gasteiger charge is 2.19. The molecule has 1 aliphatic rings. The minimum absolute atomic E-state index is 0.132. The fourth-order valence-electron chi connectivity index (χ4n) is 2.96. The SMILES string of the molecule is CN1CC[C@H](NCC[C@@H](Cc2ccc(C#N)cc2)NC(=O)O)C1. The first kappa shape index (κ1) is 17.3. The molecule has 2 rings (SSSR count). The number of hydrogen-bond acceptors (Lipinski definition) is 4. The maximum absolute atomic E-state index is 11.0. The molecule has 0 unspecified atom stereocenters. The average Bonchev–Trinajstić information content (AvgIpc) is 2.93. The normalized spacial score (nSPS) is 19.2. The zero-order valence-electron chi connectivity index (χ0n) is 13.5. The van der Waals surface area contributed by atoms with Gasteiger partial charge in [-0.3, -0.25) is 0 Å². The molecule has 124 valence electrons. The van der Waals surface area contributed by atoms with E-state index >= 15 is 0 Å². The second-order valence-corrected chi connectivity index (χ2v) is 6.15. The van der Waals surface area contributed by atoms with Crippen molar-refractivity contribution in [1.29, 1.82) is 5.26 Å². The van der Waals surface area contributed by atoms with Crippen molar-refractivity contribution in [2.75, 3.05) is 26.7 Å². The highest BCUT2D eigenvalue weighted by molar-refractivity contribution is 5.64. The predicted octanol–water partition coefficient (Wildman–Crippen LogP) is 1.42. The van der Waals surface area contributed by atoms with E-state index in [2.05, 4.69) is 28.7 Å². The lowest BCUT2D eigenvalue weighted by molar-refractivity contribution is 0.189. The Hall–Kier alpha value is -2.10. The van der Waals surface area contributed by atoms with Crippen LogP contribution in [-0.4, -0.2) is 54.9 Å². The number of carbonyl (C=O) groups is 1. The molecule has 0 radical (unpaired) electrons. The van der Waals surface area contributed by atoms with Crippen LogP contribution in [-0.2, 0) is 6.42 Å². The fraction of sp³-hybridized carbons (Fsp3) is 0.529. The van der Waals surface area contributed by atoms with Crippen LogP contribution in [0.1, 0.15) is 24.0 Å². The fourth-order valence-corrected chi connectivity index (χ4v) is 2.96. The van der Waals surface area contributed by atoms with Crippen LogP contribution in [0, 0.1) is 11.3 Å². The van der Waals surface area contributed by atoms with Crippen LogP contribution >= 0.6 is 0 Å². The Morgan fingerprint density at radius 1 is 1.48 bits per heavy atom. The molecule has 1 aromatic rings. The van der Waals surface area contributed by atoms with Gasteiger partial charge in [0.05, 0.1) is 11.6 Å². The Bertz CT molecular complexity index is 553. The predicted molar refractivity (Wildman–Crippen MR) is 88.3 cm³/mol. The molecule has 3 N–H and O–H groups in total. The summed E-state index contributed by atoms with van der Waals surface area (Å²) in [5, 5.41) is 23.9. The largest absolute Gasteiger partial charge is 0.465 e. The van der Waals surface area contributed by atoms with Crippen LogP contribution in [0.2, 0.25) is 0 Å². The molecular formula is C17H24N4O2. The highest BCUT2D eigenvalue weighted by Crippen LogP contribution is 2.10. The zero-order chi connectivity index (χ0) is 16.7. The Labute approximate surface area is 137 Å². The zero-order valence-corrected chi connectivity index (χ0v) is 13.5. The summed E-state index contributed by atoms with van der Waals surface area (Å²) in [4.78, 5) is 13.3. The monoisotopic (exact) mass is 316 g/mol. The molecule has 6 nitrogen and oxygen atoms in total. The van der Waals surface area contributed by atoms with Crippen molar-refractivity contribution < 1.29 is 9.90 Å². The molecular weight excluding hydrogens is 292 g/mol. The van der Waals surface area contributed by atoms with E-state index in [0.717, 1.165) is 38.0 Å². The number of nitrogens with zero attached hydrogens (tertiary/aromatic N) is 2. The molecule has 1 aliphatic heterocycles. The molecule has 1 saturated heterocycles. The van der Waals surface area contributed by atoms with Gasteiger partial charge in [-0.05, 0) is 57.1 Å². The van der Waals surface area contributed by atoms with Gasteiger partial charge in [-0.15, -0.1) is 0 Å². The van der Waals surface area contributed by atoms with Gasteiger partial charge in [-0.1, -0.05) is 12.1 Å². The van der Waals surface area contributed by atoms with Crippen molar-refractivity contribution in [2.45, 2.75) is 31.3 Å². The van der Waals surface area contributed by atoms with Crippen LogP contribution in [0.3, 0.4) is 0 Å². The smallest absolute Gasteiger partial charge is 0.404 e. The molecule has 0 bridgehead atoms. The first-order valence-electron chi connectivity index (χ1n) is 7.97. The van der Waals surface area contributed by atoms with Crippen LogP contribution in [0.4, 0.5) is 4.79 Å². The van der Waals surface area contributed by atoms with Gasteiger partial charge in [0.1, 0.15) is 0 Å². The van der Waals surface area contributed by atoms with Gasteiger partial charge in [0.2, 0.25) is 0 Å². The molecule has 0 saturated carbocycles. The maximum Gasteiger partial charge on any atom is 0.404 e. The van der Waals surface area contributed by atoms with Crippen molar-refractivity contribution in [3.05, 3.63) is 35.4 Å². The third-order valence-corrected chi connectivity index (χ3v) is 4.21. The standard InChI is InChI=1S/C17H24N4O2/c1-21-9-7-16(12-21)19-8-6-15(20-17(22)23)10-13-2-4-14(11-18)5-3-13/h2-5,15-16,19-20H,6-10,12H2,1H3,(H,22,23)/t15-,16-/m0/s1. The molecule has 1 fully saturated rings. The highest BCUT2D eigenvalue weighted by atomic mass is 16.4. The number of nitriles is 1. The summed E-state index contributed by atoms with van der Waals surface area (Å²) in [6.45, 7) is 2.95. The van der Waals surface area contributed by atoms with Crippen LogP contribution in [0.25, 0.3) is 0 Å². The number of hydrogen-bond donors (Lipinski definition) is 3. The molecule has 1 amide bonds. The average molecular weight is 316 g/mol. The summed E-state index contributed by atoms with van der Waals surface area (Å²) >= 11 is 0. The Kier molecular flexibility index (Phi) is 6.39. The van der Waals surface area contributed by atoms with Gasteiger partial charge < -0.3 is 20.6 Å². The van der Waals surface area contributed by atoms with E-state index in [0.29, 0.717) is 18.0 Å². The third kappa shape index (κ3) is 5.89. The van der Waals surface area contributed by atoms with Crippen LogP contribution in [0.5, 0.6) is 0 Å². The number of likely N-dealkylation sites (tertiary alicyclic amines) is 1. The molecule has 1 aromatic carbocycles. The Balaban J connectivity index is 1.83. The summed E-state index contributed by atoms with van der Waals surface area (Å²) in [6.07, 6.45) is 1.52. The first-order valence-corrected chi connectivity index (χ1v) is 7.97. The molecule has 6 heteroatoms. The van der Waals surface area contributed by atoms with Crippen molar-refractivity contribution in [3.8, 4) is 6.07 Å². The molecule has 0 spiro atoms. The van der Waals surface area contributed by atoms with Crippen molar-refractivity contribution in [2.24, 2.45) is 0 Å². The number of amides is 1. The first-order chi connectivity index (χ1) is 11.1. The lowest BCUT2D eigenvalue weighted by Crippen LogP contribution is -2.40. The summed E-state index contributed by atoms with van der Waals surface area (Å²) in [7, 11) is 2.11. The van der Waals surface area contributed by atoms with Gasteiger partial charge in [-0.2, -0.15) is 5.26 Å². The van der Waals surface area contributed by atoms with Gasteiger partial charge in [0.15, 0.2) is 0 Å². The number of nitrogens with one attached hydrogen (secondary N) is 2. The maximum atomic E-state index is 11.0. The summed E-state index contributed by atoms with van der Waals surface area (Å²) in [6, 6.07) is 9.75. The van der Waals surface area contributed by atoms with E-state index in [1.54, 1.807) is 12.1 Å². The number of likely N-dealkylation sites (N-methyl/N-ethyl adjacent to an activating group) is 1. The van der Waals surface area contributed by atoms with Gasteiger partial charge in [0, 0.05) is 18.6 Å². The van der Waals surface area contributed by atoms with E-state index in [1.165, 1.54) is 0 Å². The lowest BCUT2D eigenvalue weighted by Gasteiger charge is -2.19. The number of carboxylic acid groups (broad SMARTS) is 1. The molecule has 23 heavy (non-hydrogen) atoms. The molecule has 0 aliphatic carbocycles. The minimum Gasteiger partial charge on any atom is -0.465 e. The van der Waals surface area contributed by atoms with Crippen molar-refractivity contribution >= 4 is 6.09 Å². The second-order valence-electron chi connectivity index (χ2n) is 6.15. The van der Waals surface area contributed by atoms with Crippen molar-refractivity contribution in [3.63, 3.8) is 0 Å².